The Balaban J connectivity index is 0.00000245. The van der Waals surface area contributed by atoms with E-state index in [0.717, 1.165) is 54.0 Å². The predicted molar refractivity (Wildman–Crippen MR) is 126 cm³/mol. The number of nitrogens with zero attached hydrogens (tertiary/aromatic N) is 6. The summed E-state index contributed by atoms with van der Waals surface area (Å²) in [6.07, 6.45) is 11.5. The van der Waals surface area contributed by atoms with Crippen molar-refractivity contribution in [3.8, 4) is 11.4 Å². The SMILES string of the molecule is CCOc1ccc(-n2cnc3cnc(Nc4cnn(C5CCC(N)CC5)c4)nc32)cc1.Cl. The molecule has 1 saturated carbocycles. The molecule has 0 bridgehead atoms. The van der Waals surface area contributed by atoms with E-state index >= 15 is 0 Å². The summed E-state index contributed by atoms with van der Waals surface area (Å²) in [7, 11) is 0. The number of hydrogen-bond donors (Lipinski definition) is 2. The number of aromatic nitrogens is 6. The number of nitrogens with two attached hydrogens (primary N) is 1. The van der Waals surface area contributed by atoms with Crippen LogP contribution in [0.3, 0.4) is 0 Å². The van der Waals surface area contributed by atoms with Crippen molar-refractivity contribution in [3.05, 3.63) is 49.2 Å². The molecule has 10 heteroatoms. The average molecular weight is 455 g/mol. The molecule has 0 unspecified atom stereocenters. The second-order valence-corrected chi connectivity index (χ2v) is 7.85. The van der Waals surface area contributed by atoms with Crippen molar-refractivity contribution in [1.82, 2.24) is 29.3 Å². The molecule has 0 aliphatic heterocycles. The summed E-state index contributed by atoms with van der Waals surface area (Å²) in [5.41, 5.74) is 9.30. The van der Waals surface area contributed by atoms with E-state index in [1.807, 2.05) is 52.8 Å². The summed E-state index contributed by atoms with van der Waals surface area (Å²) >= 11 is 0. The maximum absolute atomic E-state index is 6.02. The van der Waals surface area contributed by atoms with Gasteiger partial charge in [0.1, 0.15) is 17.6 Å². The molecule has 0 amide bonds. The van der Waals surface area contributed by atoms with Gasteiger partial charge in [-0.3, -0.25) is 9.25 Å². The highest BCUT2D eigenvalue weighted by molar-refractivity contribution is 5.85. The fourth-order valence-electron chi connectivity index (χ4n) is 4.03. The van der Waals surface area contributed by atoms with E-state index in [2.05, 4.69) is 20.4 Å². The monoisotopic (exact) mass is 454 g/mol. The molecule has 4 aromatic rings. The van der Waals surface area contributed by atoms with E-state index in [0.29, 0.717) is 24.6 Å². The zero-order chi connectivity index (χ0) is 21.2. The second kappa shape index (κ2) is 9.54. The summed E-state index contributed by atoms with van der Waals surface area (Å²) in [6.45, 7) is 2.61. The van der Waals surface area contributed by atoms with E-state index in [9.17, 15) is 0 Å². The van der Waals surface area contributed by atoms with E-state index in [1.54, 1.807) is 12.5 Å². The van der Waals surface area contributed by atoms with E-state index in [1.165, 1.54) is 0 Å². The Bertz CT molecular complexity index is 1160. The third-order valence-corrected chi connectivity index (χ3v) is 5.69. The topological polar surface area (TPSA) is 109 Å². The summed E-state index contributed by atoms with van der Waals surface area (Å²) in [6, 6.07) is 8.59. The first-order chi connectivity index (χ1) is 15.2. The van der Waals surface area contributed by atoms with Crippen molar-refractivity contribution in [3.63, 3.8) is 0 Å². The lowest BCUT2D eigenvalue weighted by Gasteiger charge is -2.26. The lowest BCUT2D eigenvalue weighted by Crippen LogP contribution is -2.27. The van der Waals surface area contributed by atoms with Crippen molar-refractivity contribution < 1.29 is 4.74 Å². The highest BCUT2D eigenvalue weighted by Crippen LogP contribution is 2.28. The Hall–Kier alpha value is -3.17. The van der Waals surface area contributed by atoms with Gasteiger partial charge in [-0.15, -0.1) is 12.4 Å². The van der Waals surface area contributed by atoms with Crippen LogP contribution in [-0.4, -0.2) is 41.9 Å². The predicted octanol–water partition coefficient (Wildman–Crippen LogP) is 4.02. The van der Waals surface area contributed by atoms with Crippen molar-refractivity contribution >= 4 is 35.2 Å². The molecule has 0 spiro atoms. The molecule has 0 saturated heterocycles. The number of rotatable bonds is 6. The third-order valence-electron chi connectivity index (χ3n) is 5.69. The molecule has 1 aliphatic rings. The maximum atomic E-state index is 6.02. The van der Waals surface area contributed by atoms with Gasteiger partial charge >= 0.3 is 0 Å². The average Bonchev–Trinajstić information content (AvgIpc) is 3.42. The molecular weight excluding hydrogens is 428 g/mol. The molecule has 3 heterocycles. The van der Waals surface area contributed by atoms with Crippen LogP contribution in [-0.2, 0) is 0 Å². The van der Waals surface area contributed by atoms with Crippen molar-refractivity contribution in [1.29, 1.82) is 0 Å². The van der Waals surface area contributed by atoms with Crippen molar-refractivity contribution in [2.75, 3.05) is 11.9 Å². The van der Waals surface area contributed by atoms with Gasteiger partial charge < -0.3 is 15.8 Å². The van der Waals surface area contributed by atoms with Gasteiger partial charge in [-0.25, -0.2) is 9.97 Å². The molecule has 1 fully saturated rings. The lowest BCUT2D eigenvalue weighted by atomic mass is 9.92. The Morgan fingerprint density at radius 1 is 1.09 bits per heavy atom. The quantitative estimate of drug-likeness (QED) is 0.452. The van der Waals surface area contributed by atoms with Crippen molar-refractivity contribution in [2.45, 2.75) is 44.7 Å². The summed E-state index contributed by atoms with van der Waals surface area (Å²) in [4.78, 5) is 13.5. The largest absolute Gasteiger partial charge is 0.494 e. The van der Waals surface area contributed by atoms with Gasteiger partial charge in [-0.2, -0.15) is 10.1 Å². The summed E-state index contributed by atoms with van der Waals surface area (Å²) in [5, 5.41) is 7.80. The van der Waals surface area contributed by atoms with Gasteiger partial charge in [0, 0.05) is 17.9 Å². The standard InChI is InChI=1S/C22H26N8O.ClH/c1-2-31-19-9-7-17(8-10-19)29-14-25-20-12-24-22(28-21(20)29)27-16-11-26-30(13-16)18-5-3-15(23)4-6-18;/h7-15,18H,2-6,23H2,1H3,(H,24,27,28);1H. The molecule has 5 rings (SSSR count). The number of hydrogen-bond acceptors (Lipinski definition) is 7. The van der Waals surface area contributed by atoms with E-state index in [4.69, 9.17) is 15.5 Å². The van der Waals surface area contributed by atoms with Crippen LogP contribution < -0.4 is 15.8 Å². The van der Waals surface area contributed by atoms with Crippen LogP contribution in [0.15, 0.2) is 49.2 Å². The molecule has 168 valence electrons. The molecule has 0 radical (unpaired) electrons. The number of nitrogens with one attached hydrogen (secondary N) is 1. The van der Waals surface area contributed by atoms with E-state index < -0.39 is 0 Å². The van der Waals surface area contributed by atoms with Crippen LogP contribution in [0, 0.1) is 0 Å². The first kappa shape index (κ1) is 22.0. The van der Waals surface area contributed by atoms with Crippen LogP contribution in [0.25, 0.3) is 16.9 Å². The first-order valence-electron chi connectivity index (χ1n) is 10.7. The zero-order valence-corrected chi connectivity index (χ0v) is 18.7. The minimum Gasteiger partial charge on any atom is -0.494 e. The normalized spacial score (nSPS) is 18.3. The van der Waals surface area contributed by atoms with Crippen molar-refractivity contribution in [2.24, 2.45) is 5.73 Å². The number of anilines is 2. The number of fused-ring (bicyclic) bond motifs is 1. The molecule has 3 N–H and O–H groups in total. The van der Waals surface area contributed by atoms with Crippen LogP contribution >= 0.6 is 12.4 Å². The number of imidazole rings is 1. The molecular formula is C22H27ClN8O. The minimum atomic E-state index is 0. The Morgan fingerprint density at radius 3 is 2.62 bits per heavy atom. The molecule has 1 aromatic carbocycles. The maximum Gasteiger partial charge on any atom is 0.229 e. The Kier molecular flexibility index (Phi) is 6.57. The van der Waals surface area contributed by atoms with Gasteiger partial charge in [0.25, 0.3) is 0 Å². The van der Waals surface area contributed by atoms with Gasteiger partial charge in [0.2, 0.25) is 5.95 Å². The number of halogens is 1. The lowest BCUT2D eigenvalue weighted by molar-refractivity contribution is 0.304. The fourth-order valence-corrected chi connectivity index (χ4v) is 4.03. The fraction of sp³-hybridized carbons (Fsp3) is 0.364. The van der Waals surface area contributed by atoms with E-state index in [-0.39, 0.29) is 12.4 Å². The van der Waals surface area contributed by atoms with Gasteiger partial charge in [-0.05, 0) is 56.9 Å². The van der Waals surface area contributed by atoms with Gasteiger partial charge in [0.05, 0.1) is 30.7 Å². The van der Waals surface area contributed by atoms with Crippen LogP contribution in [0.4, 0.5) is 11.6 Å². The third kappa shape index (κ3) is 4.53. The molecule has 1 aliphatic carbocycles. The number of ether oxygens (including phenoxy) is 1. The molecule has 32 heavy (non-hydrogen) atoms. The van der Waals surface area contributed by atoms with Gasteiger partial charge in [0.15, 0.2) is 5.65 Å². The first-order valence-corrected chi connectivity index (χ1v) is 10.7. The number of benzene rings is 1. The van der Waals surface area contributed by atoms with Crippen LogP contribution in [0.2, 0.25) is 0 Å². The summed E-state index contributed by atoms with van der Waals surface area (Å²) in [5.74, 6) is 1.34. The highest BCUT2D eigenvalue weighted by atomic mass is 35.5. The molecule has 3 aromatic heterocycles. The molecule has 0 atom stereocenters. The summed E-state index contributed by atoms with van der Waals surface area (Å²) < 4.78 is 9.49. The Morgan fingerprint density at radius 2 is 1.88 bits per heavy atom. The Labute approximate surface area is 192 Å². The van der Waals surface area contributed by atoms with Crippen LogP contribution in [0.1, 0.15) is 38.6 Å². The highest BCUT2D eigenvalue weighted by Gasteiger charge is 2.20. The zero-order valence-electron chi connectivity index (χ0n) is 17.9. The van der Waals surface area contributed by atoms with Crippen LogP contribution in [0.5, 0.6) is 5.75 Å². The molecule has 9 nitrogen and oxygen atoms in total. The minimum absolute atomic E-state index is 0. The van der Waals surface area contributed by atoms with Gasteiger partial charge in [-0.1, -0.05) is 0 Å². The smallest absolute Gasteiger partial charge is 0.229 e. The second-order valence-electron chi connectivity index (χ2n) is 7.85.